The second kappa shape index (κ2) is 9.87. The average molecular weight is 491 g/mol. The number of anilines is 1. The SMILES string of the molecule is C[C@@H](NC(=O)c1ccc2c(=O)n(-c3cccc(F)c3)c(N3CCOCC3)nc2c1)c1ccc(F)cc1. The zero-order valence-electron chi connectivity index (χ0n) is 19.6. The molecule has 4 aromatic rings. The minimum atomic E-state index is -0.463. The predicted octanol–water partition coefficient (Wildman–Crippen LogP) is 3.99. The Hall–Kier alpha value is -4.11. The number of nitrogens with one attached hydrogen (secondary N) is 1. The molecule has 0 saturated carbocycles. The van der Waals surface area contributed by atoms with Crippen molar-refractivity contribution in [2.75, 3.05) is 31.2 Å². The molecular formula is C27H24F2N4O3. The van der Waals surface area contributed by atoms with Gasteiger partial charge < -0.3 is 15.0 Å². The second-order valence-corrected chi connectivity index (χ2v) is 8.61. The Morgan fingerprint density at radius 3 is 2.47 bits per heavy atom. The van der Waals surface area contributed by atoms with Gasteiger partial charge in [-0.05, 0) is 61.0 Å². The van der Waals surface area contributed by atoms with Crippen LogP contribution in [0.5, 0.6) is 0 Å². The van der Waals surface area contributed by atoms with Crippen LogP contribution in [-0.2, 0) is 4.74 Å². The molecule has 9 heteroatoms. The molecular weight excluding hydrogens is 466 g/mol. The normalized spacial score (nSPS) is 14.6. The molecule has 3 aromatic carbocycles. The molecule has 1 aliphatic rings. The summed E-state index contributed by atoms with van der Waals surface area (Å²) in [5.41, 5.74) is 1.46. The average Bonchev–Trinajstić information content (AvgIpc) is 2.89. The molecule has 0 bridgehead atoms. The highest BCUT2D eigenvalue weighted by Crippen LogP contribution is 2.22. The lowest BCUT2D eigenvalue weighted by molar-refractivity contribution is 0.0940. The van der Waals surface area contributed by atoms with Gasteiger partial charge in [-0.25, -0.2) is 18.3 Å². The molecule has 1 atom stereocenters. The number of ether oxygens (including phenoxy) is 1. The van der Waals surface area contributed by atoms with Gasteiger partial charge in [0.1, 0.15) is 11.6 Å². The first-order valence-electron chi connectivity index (χ1n) is 11.6. The van der Waals surface area contributed by atoms with Crippen LogP contribution in [0.3, 0.4) is 0 Å². The zero-order chi connectivity index (χ0) is 25.2. The predicted molar refractivity (Wildman–Crippen MR) is 133 cm³/mol. The fraction of sp³-hybridized carbons (Fsp3) is 0.222. The van der Waals surface area contributed by atoms with Crippen molar-refractivity contribution in [2.24, 2.45) is 0 Å². The summed E-state index contributed by atoms with van der Waals surface area (Å²) in [7, 11) is 0. The number of carbonyl (C=O) groups excluding carboxylic acids is 1. The molecule has 1 fully saturated rings. The first kappa shape index (κ1) is 23.6. The molecule has 1 amide bonds. The number of aromatic nitrogens is 2. The Bertz CT molecular complexity index is 1480. The Labute approximate surface area is 206 Å². The van der Waals surface area contributed by atoms with Crippen molar-refractivity contribution in [3.05, 3.63) is 99.8 Å². The molecule has 0 unspecified atom stereocenters. The minimum Gasteiger partial charge on any atom is -0.378 e. The van der Waals surface area contributed by atoms with Crippen molar-refractivity contribution in [3.63, 3.8) is 0 Å². The molecule has 5 rings (SSSR count). The first-order chi connectivity index (χ1) is 17.4. The Morgan fingerprint density at radius 1 is 1.00 bits per heavy atom. The first-order valence-corrected chi connectivity index (χ1v) is 11.6. The number of carbonyl (C=O) groups is 1. The van der Waals surface area contributed by atoms with Gasteiger partial charge in [-0.2, -0.15) is 0 Å². The maximum atomic E-state index is 14.0. The fourth-order valence-electron chi connectivity index (χ4n) is 4.25. The Morgan fingerprint density at radius 2 is 1.75 bits per heavy atom. The van der Waals surface area contributed by atoms with Crippen molar-refractivity contribution in [3.8, 4) is 5.69 Å². The van der Waals surface area contributed by atoms with Crippen molar-refractivity contribution < 1.29 is 18.3 Å². The maximum Gasteiger partial charge on any atom is 0.267 e. The van der Waals surface area contributed by atoms with E-state index in [9.17, 15) is 18.4 Å². The van der Waals surface area contributed by atoms with E-state index < -0.39 is 5.82 Å². The van der Waals surface area contributed by atoms with Crippen LogP contribution in [0.4, 0.5) is 14.7 Å². The third-order valence-corrected chi connectivity index (χ3v) is 6.19. The molecule has 1 aliphatic heterocycles. The number of morpholine rings is 1. The molecule has 36 heavy (non-hydrogen) atoms. The highest BCUT2D eigenvalue weighted by molar-refractivity contribution is 5.98. The van der Waals surface area contributed by atoms with Crippen molar-refractivity contribution >= 4 is 22.8 Å². The number of fused-ring (bicyclic) bond motifs is 1. The van der Waals surface area contributed by atoms with E-state index in [0.29, 0.717) is 54.4 Å². The van der Waals surface area contributed by atoms with E-state index in [-0.39, 0.29) is 23.3 Å². The standard InChI is InChI=1S/C27H24F2N4O3/c1-17(18-5-8-20(28)9-6-18)30-25(34)19-7-10-23-24(15-19)31-27(32-11-13-36-14-12-32)33(26(23)35)22-4-2-3-21(29)16-22/h2-10,15-17H,11-14H2,1H3,(H,30,34)/t17-/m1/s1. The van der Waals surface area contributed by atoms with Crippen LogP contribution in [0.25, 0.3) is 16.6 Å². The fourth-order valence-corrected chi connectivity index (χ4v) is 4.25. The number of halogens is 2. The van der Waals surface area contributed by atoms with Gasteiger partial charge in [0.25, 0.3) is 11.5 Å². The van der Waals surface area contributed by atoms with Crippen LogP contribution in [0.15, 0.2) is 71.5 Å². The lowest BCUT2D eigenvalue weighted by Crippen LogP contribution is -2.40. The van der Waals surface area contributed by atoms with E-state index in [1.54, 1.807) is 49.4 Å². The van der Waals surface area contributed by atoms with E-state index in [1.165, 1.54) is 28.8 Å². The highest BCUT2D eigenvalue weighted by atomic mass is 19.1. The molecule has 0 aliphatic carbocycles. The van der Waals surface area contributed by atoms with Gasteiger partial charge in [0, 0.05) is 18.7 Å². The van der Waals surface area contributed by atoms with E-state index in [4.69, 9.17) is 9.72 Å². The summed E-state index contributed by atoms with van der Waals surface area (Å²) in [5.74, 6) is -0.802. The molecule has 1 saturated heterocycles. The largest absolute Gasteiger partial charge is 0.378 e. The van der Waals surface area contributed by atoms with Crippen molar-refractivity contribution in [1.82, 2.24) is 14.9 Å². The lowest BCUT2D eigenvalue weighted by atomic mass is 10.1. The summed E-state index contributed by atoms with van der Waals surface area (Å²) < 4.78 is 34.1. The topological polar surface area (TPSA) is 76.5 Å². The number of amides is 1. The summed E-state index contributed by atoms with van der Waals surface area (Å²) in [6, 6.07) is 16.0. The summed E-state index contributed by atoms with van der Waals surface area (Å²) in [5, 5.41) is 3.20. The van der Waals surface area contributed by atoms with E-state index in [0.717, 1.165) is 5.56 Å². The molecule has 1 aromatic heterocycles. The molecule has 0 spiro atoms. The van der Waals surface area contributed by atoms with Gasteiger partial charge in [-0.15, -0.1) is 0 Å². The van der Waals surface area contributed by atoms with Gasteiger partial charge in [0.15, 0.2) is 0 Å². The van der Waals surface area contributed by atoms with Crippen molar-refractivity contribution in [1.29, 1.82) is 0 Å². The summed E-state index contributed by atoms with van der Waals surface area (Å²) in [6.45, 7) is 3.78. The van der Waals surface area contributed by atoms with Gasteiger partial charge in [0.2, 0.25) is 5.95 Å². The van der Waals surface area contributed by atoms with Gasteiger partial charge in [0.05, 0.1) is 35.8 Å². The Kier molecular flexibility index (Phi) is 6.47. The second-order valence-electron chi connectivity index (χ2n) is 8.61. The smallest absolute Gasteiger partial charge is 0.267 e. The summed E-state index contributed by atoms with van der Waals surface area (Å²) in [6.07, 6.45) is 0. The van der Waals surface area contributed by atoms with Gasteiger partial charge in [-0.1, -0.05) is 18.2 Å². The minimum absolute atomic E-state index is 0.305. The lowest BCUT2D eigenvalue weighted by Gasteiger charge is -2.30. The number of rotatable bonds is 5. The van der Waals surface area contributed by atoms with Crippen LogP contribution in [0.1, 0.15) is 28.9 Å². The number of hydrogen-bond donors (Lipinski definition) is 1. The number of nitrogens with zero attached hydrogens (tertiary/aromatic N) is 3. The van der Waals surface area contributed by atoms with Crippen molar-refractivity contribution in [2.45, 2.75) is 13.0 Å². The van der Waals surface area contributed by atoms with E-state index in [2.05, 4.69) is 5.32 Å². The van der Waals surface area contributed by atoms with Crippen LogP contribution in [0.2, 0.25) is 0 Å². The quantitative estimate of drug-likeness (QED) is 0.458. The third-order valence-electron chi connectivity index (χ3n) is 6.19. The van der Waals surface area contributed by atoms with Crippen LogP contribution >= 0.6 is 0 Å². The van der Waals surface area contributed by atoms with Crippen LogP contribution in [0, 0.1) is 11.6 Å². The van der Waals surface area contributed by atoms with E-state index >= 15 is 0 Å². The van der Waals surface area contributed by atoms with Gasteiger partial charge in [-0.3, -0.25) is 9.59 Å². The maximum absolute atomic E-state index is 14.0. The Balaban J connectivity index is 1.55. The molecule has 7 nitrogen and oxygen atoms in total. The highest BCUT2D eigenvalue weighted by Gasteiger charge is 2.22. The number of hydrogen-bond acceptors (Lipinski definition) is 5. The monoisotopic (exact) mass is 490 g/mol. The van der Waals surface area contributed by atoms with Gasteiger partial charge >= 0.3 is 0 Å². The van der Waals surface area contributed by atoms with E-state index in [1.807, 2.05) is 4.90 Å². The molecule has 1 N–H and O–H groups in total. The number of benzene rings is 3. The summed E-state index contributed by atoms with van der Waals surface area (Å²) in [4.78, 5) is 33.2. The molecule has 2 heterocycles. The zero-order valence-corrected chi connectivity index (χ0v) is 19.6. The molecule has 184 valence electrons. The van der Waals surface area contributed by atoms with Crippen LogP contribution < -0.4 is 15.8 Å². The van der Waals surface area contributed by atoms with Crippen LogP contribution in [-0.4, -0.2) is 41.8 Å². The summed E-state index contributed by atoms with van der Waals surface area (Å²) >= 11 is 0. The molecule has 0 radical (unpaired) electrons. The third kappa shape index (κ3) is 4.70.